The average molecular weight is 249 g/mol. The summed E-state index contributed by atoms with van der Waals surface area (Å²) >= 11 is 0. The van der Waals surface area contributed by atoms with Crippen LogP contribution < -0.4 is 9.61 Å². The van der Waals surface area contributed by atoms with Gasteiger partial charge in [-0.05, 0) is 42.8 Å². The van der Waals surface area contributed by atoms with Crippen LogP contribution in [0, 0.1) is 6.92 Å². The summed E-state index contributed by atoms with van der Waals surface area (Å²) in [7, 11) is 1.84. The van der Waals surface area contributed by atoms with Gasteiger partial charge >= 0.3 is 0 Å². The molecule has 0 N–H and O–H groups in total. The van der Waals surface area contributed by atoms with Crippen LogP contribution in [0.3, 0.4) is 0 Å². The second-order valence-electron chi connectivity index (χ2n) is 5.90. The van der Waals surface area contributed by atoms with Crippen LogP contribution in [0.4, 0.5) is 0 Å². The van der Waals surface area contributed by atoms with Gasteiger partial charge in [0.25, 0.3) is 0 Å². The van der Waals surface area contributed by atoms with Gasteiger partial charge in [0.05, 0.1) is 10.2 Å². The summed E-state index contributed by atoms with van der Waals surface area (Å²) in [5.41, 5.74) is 1.22. The zero-order valence-electron chi connectivity index (χ0n) is 11.1. The van der Waals surface area contributed by atoms with Gasteiger partial charge in [-0.15, -0.1) is 0 Å². The third-order valence-corrected chi connectivity index (χ3v) is 7.88. The number of hydrogen-bond donors (Lipinski definition) is 0. The van der Waals surface area contributed by atoms with Gasteiger partial charge in [-0.1, -0.05) is 32.0 Å². The Bertz CT molecular complexity index is 358. The fourth-order valence-corrected chi connectivity index (χ4v) is 2.64. The van der Waals surface area contributed by atoms with E-state index in [1.807, 2.05) is 6.07 Å². The van der Waals surface area contributed by atoms with E-state index in [1.165, 1.54) is 5.56 Å². The molecule has 0 aliphatic carbocycles. The molecule has 0 saturated heterocycles. The minimum Gasteiger partial charge on any atom is -0.543 e. The molecular weight excluding hydrogens is 228 g/mol. The van der Waals surface area contributed by atoms with E-state index in [2.05, 4.69) is 63.2 Å². The first-order chi connectivity index (χ1) is 7.12. The van der Waals surface area contributed by atoms with Crippen LogP contribution in [0.5, 0.6) is 5.75 Å². The van der Waals surface area contributed by atoms with Gasteiger partial charge < -0.3 is 4.43 Å². The molecular formula is C13H21OSi2. The fraction of sp³-hybridized carbons (Fsp3) is 0.538. The van der Waals surface area contributed by atoms with E-state index in [-0.39, 0.29) is 5.04 Å². The predicted octanol–water partition coefficient (Wildman–Crippen LogP) is 3.17. The van der Waals surface area contributed by atoms with E-state index in [1.54, 1.807) is 0 Å². The zero-order valence-corrected chi connectivity index (χ0v) is 13.1. The van der Waals surface area contributed by atoms with Crippen molar-refractivity contribution in [3.63, 3.8) is 0 Å². The molecule has 0 bridgehead atoms. The molecule has 3 heteroatoms. The molecule has 0 amide bonds. The van der Waals surface area contributed by atoms with Crippen LogP contribution in [0.25, 0.3) is 0 Å². The maximum atomic E-state index is 6.24. The van der Waals surface area contributed by atoms with Crippen molar-refractivity contribution in [1.82, 2.24) is 0 Å². The fourth-order valence-electron chi connectivity index (χ4n) is 1.25. The third-order valence-electron chi connectivity index (χ3n) is 3.23. The summed E-state index contributed by atoms with van der Waals surface area (Å²) in [6.45, 7) is 13.4. The second kappa shape index (κ2) is 4.37. The Morgan fingerprint density at radius 2 is 1.69 bits per heavy atom. The average Bonchev–Trinajstić information content (AvgIpc) is 1.97. The van der Waals surface area contributed by atoms with Gasteiger partial charge in [0.15, 0.2) is 0 Å². The molecule has 1 rings (SSSR count). The number of rotatable bonds is 2. The maximum Gasteiger partial charge on any atom is 0.250 e. The highest BCUT2D eigenvalue weighted by atomic mass is 28.4. The van der Waals surface area contributed by atoms with E-state index < -0.39 is 8.32 Å². The molecule has 87 valence electrons. The van der Waals surface area contributed by atoms with Gasteiger partial charge in [0.2, 0.25) is 8.32 Å². The van der Waals surface area contributed by atoms with Crippen LogP contribution in [0.15, 0.2) is 18.2 Å². The molecule has 0 aliphatic rings. The van der Waals surface area contributed by atoms with E-state index >= 15 is 0 Å². The number of benzene rings is 1. The van der Waals surface area contributed by atoms with Crippen LogP contribution in [-0.2, 0) is 0 Å². The van der Waals surface area contributed by atoms with Crippen molar-refractivity contribution in [2.75, 3.05) is 0 Å². The highest BCUT2D eigenvalue weighted by Gasteiger charge is 2.38. The van der Waals surface area contributed by atoms with Crippen molar-refractivity contribution >= 4 is 23.7 Å². The predicted molar refractivity (Wildman–Crippen MR) is 74.4 cm³/mol. The molecule has 0 unspecified atom stereocenters. The van der Waals surface area contributed by atoms with Crippen LogP contribution in [-0.4, -0.2) is 18.6 Å². The second-order valence-corrected chi connectivity index (χ2v) is 11.2. The highest BCUT2D eigenvalue weighted by molar-refractivity contribution is 6.74. The molecule has 0 fully saturated rings. The van der Waals surface area contributed by atoms with Crippen LogP contribution in [0.1, 0.15) is 26.3 Å². The maximum absolute atomic E-state index is 6.24. The Morgan fingerprint density at radius 3 is 2.12 bits per heavy atom. The van der Waals surface area contributed by atoms with Gasteiger partial charge in [0, 0.05) is 0 Å². The molecule has 0 aromatic heterocycles. The summed E-state index contributed by atoms with van der Waals surface area (Å²) in [5, 5.41) is 1.32. The standard InChI is InChI=1S/C13H21OSi2/c1-10-7-11(9-12(15)8-10)14-16(5,6)13(2,3)4/h7-9H,1-6H3. The Morgan fingerprint density at radius 1 is 1.12 bits per heavy atom. The van der Waals surface area contributed by atoms with Crippen molar-refractivity contribution in [2.24, 2.45) is 0 Å². The topological polar surface area (TPSA) is 9.23 Å². The van der Waals surface area contributed by atoms with Crippen LogP contribution in [0.2, 0.25) is 18.1 Å². The van der Waals surface area contributed by atoms with Gasteiger partial charge in [-0.2, -0.15) is 0 Å². The van der Waals surface area contributed by atoms with Crippen molar-refractivity contribution in [2.45, 2.75) is 45.8 Å². The molecule has 1 aromatic rings. The summed E-state index contributed by atoms with van der Waals surface area (Å²) in [4.78, 5) is 0. The molecule has 1 aromatic carbocycles. The Labute approximate surface area is 104 Å². The van der Waals surface area contributed by atoms with Crippen molar-refractivity contribution in [3.05, 3.63) is 23.8 Å². The highest BCUT2D eigenvalue weighted by Crippen LogP contribution is 2.37. The van der Waals surface area contributed by atoms with E-state index in [0.717, 1.165) is 10.9 Å². The normalized spacial score (nSPS) is 12.7. The number of aryl methyl sites for hydroxylation is 1. The summed E-state index contributed by atoms with van der Waals surface area (Å²) in [5.74, 6) is 0.983. The summed E-state index contributed by atoms with van der Waals surface area (Å²) in [6.07, 6.45) is 0. The Balaban J connectivity index is 2.96. The molecule has 0 atom stereocenters. The SMILES string of the molecule is Cc1cc([Si])cc(O[Si](C)(C)C(C)(C)C)c1. The molecule has 0 aliphatic heterocycles. The Hall–Kier alpha value is -0.546. The molecule has 0 heterocycles. The first-order valence-corrected chi connectivity index (χ1v) is 9.05. The third kappa shape index (κ3) is 3.22. The first-order valence-electron chi connectivity index (χ1n) is 5.64. The van der Waals surface area contributed by atoms with Gasteiger partial charge in [-0.3, -0.25) is 0 Å². The minimum atomic E-state index is -1.71. The Kier molecular flexibility index (Phi) is 3.70. The lowest BCUT2D eigenvalue weighted by atomic mass is 10.2. The van der Waals surface area contributed by atoms with Crippen molar-refractivity contribution in [3.8, 4) is 5.75 Å². The quantitative estimate of drug-likeness (QED) is 0.732. The van der Waals surface area contributed by atoms with E-state index in [0.29, 0.717) is 0 Å². The van der Waals surface area contributed by atoms with Crippen molar-refractivity contribution < 1.29 is 4.43 Å². The smallest absolute Gasteiger partial charge is 0.250 e. The lowest BCUT2D eigenvalue weighted by Gasteiger charge is -2.36. The first kappa shape index (κ1) is 13.5. The lowest BCUT2D eigenvalue weighted by molar-refractivity contribution is 0.492. The minimum absolute atomic E-state index is 0.239. The van der Waals surface area contributed by atoms with Gasteiger partial charge in [0.1, 0.15) is 5.75 Å². The summed E-state index contributed by atoms with van der Waals surface area (Å²) < 4.78 is 6.24. The zero-order chi connectivity index (χ0) is 12.6. The van der Waals surface area contributed by atoms with Crippen LogP contribution >= 0.6 is 0 Å². The molecule has 3 radical (unpaired) electrons. The molecule has 1 nitrogen and oxygen atoms in total. The monoisotopic (exact) mass is 249 g/mol. The molecule has 16 heavy (non-hydrogen) atoms. The van der Waals surface area contributed by atoms with Gasteiger partial charge in [-0.25, -0.2) is 0 Å². The van der Waals surface area contributed by atoms with Crippen molar-refractivity contribution in [1.29, 1.82) is 0 Å². The lowest BCUT2D eigenvalue weighted by Crippen LogP contribution is -2.44. The largest absolute Gasteiger partial charge is 0.543 e. The van der Waals surface area contributed by atoms with E-state index in [4.69, 9.17) is 4.43 Å². The number of hydrogen-bond acceptors (Lipinski definition) is 1. The molecule has 0 saturated carbocycles. The van der Waals surface area contributed by atoms with E-state index in [9.17, 15) is 0 Å². The molecule has 0 spiro atoms. The summed E-state index contributed by atoms with van der Waals surface area (Å²) in [6, 6.07) is 6.24.